The second-order valence-corrected chi connectivity index (χ2v) is 11.8. The first-order valence-corrected chi connectivity index (χ1v) is 16.0. The molecule has 0 aliphatic carbocycles. The topological polar surface area (TPSA) is 199 Å². The molecule has 7 aromatic rings. The SMILES string of the molecule is O=C(Nc1ccc(Nc2ccc([N+](=O)[O-])cc2)cc1)c1ccc2c(=O)c3cc(C(=O)Nc4ccc(Nc5ccc([N+](=O)[O-])cc5)cc4)ccc3oc2c1. The molecule has 0 aliphatic heterocycles. The summed E-state index contributed by atoms with van der Waals surface area (Å²) in [6, 6.07) is 34.8. The van der Waals surface area contributed by atoms with Crippen molar-refractivity contribution in [1.29, 1.82) is 0 Å². The summed E-state index contributed by atoms with van der Waals surface area (Å²) in [5, 5.41) is 34.1. The quantitative estimate of drug-likeness (QED) is 0.0605. The van der Waals surface area contributed by atoms with Gasteiger partial charge in [0.25, 0.3) is 23.2 Å². The molecule has 14 heteroatoms. The van der Waals surface area contributed by atoms with Crippen LogP contribution in [0.3, 0.4) is 0 Å². The van der Waals surface area contributed by atoms with Crippen LogP contribution in [-0.2, 0) is 0 Å². The van der Waals surface area contributed by atoms with Crippen LogP contribution in [0.4, 0.5) is 45.5 Å². The van der Waals surface area contributed by atoms with E-state index in [4.69, 9.17) is 4.42 Å². The minimum atomic E-state index is -0.470. The van der Waals surface area contributed by atoms with Crippen LogP contribution in [-0.4, -0.2) is 21.7 Å². The van der Waals surface area contributed by atoms with Gasteiger partial charge in [-0.15, -0.1) is 0 Å². The van der Waals surface area contributed by atoms with Gasteiger partial charge in [0, 0.05) is 69.5 Å². The Morgan fingerprint density at radius 1 is 0.472 bits per heavy atom. The molecular formula is C39H26N6O8. The number of non-ortho nitro benzene ring substituents is 2. The fourth-order valence-corrected chi connectivity index (χ4v) is 5.48. The van der Waals surface area contributed by atoms with Gasteiger partial charge in [0.15, 0.2) is 0 Å². The van der Waals surface area contributed by atoms with Crippen LogP contribution in [0.15, 0.2) is 143 Å². The van der Waals surface area contributed by atoms with Gasteiger partial charge in [-0.05, 0) is 109 Å². The van der Waals surface area contributed by atoms with Crippen molar-refractivity contribution in [2.75, 3.05) is 21.3 Å². The highest BCUT2D eigenvalue weighted by Gasteiger charge is 2.15. The summed E-state index contributed by atoms with van der Waals surface area (Å²) in [6.45, 7) is 0. The van der Waals surface area contributed by atoms with Gasteiger partial charge in [-0.1, -0.05) is 0 Å². The number of carbonyl (C=O) groups is 2. The Morgan fingerprint density at radius 2 is 0.868 bits per heavy atom. The third kappa shape index (κ3) is 7.51. The molecule has 0 saturated carbocycles. The number of carbonyl (C=O) groups excluding carboxylic acids is 2. The number of hydrogen-bond acceptors (Lipinski definition) is 10. The third-order valence-corrected chi connectivity index (χ3v) is 8.21. The summed E-state index contributed by atoms with van der Waals surface area (Å²) in [5.74, 6) is -0.863. The number of nitrogens with one attached hydrogen (secondary N) is 4. The van der Waals surface area contributed by atoms with Gasteiger partial charge in [0.2, 0.25) is 5.43 Å². The van der Waals surface area contributed by atoms with Crippen LogP contribution in [0.5, 0.6) is 0 Å². The zero-order valence-corrected chi connectivity index (χ0v) is 27.4. The summed E-state index contributed by atoms with van der Waals surface area (Å²) in [4.78, 5) is 60.5. The molecule has 260 valence electrons. The van der Waals surface area contributed by atoms with Gasteiger partial charge >= 0.3 is 0 Å². The summed E-state index contributed by atoms with van der Waals surface area (Å²) in [7, 11) is 0. The molecule has 0 saturated heterocycles. The predicted octanol–water partition coefficient (Wildman–Crippen LogP) is 8.75. The third-order valence-electron chi connectivity index (χ3n) is 8.21. The minimum absolute atomic E-state index is 0.0108. The number of benzene rings is 6. The smallest absolute Gasteiger partial charge is 0.269 e. The van der Waals surface area contributed by atoms with Crippen LogP contribution >= 0.6 is 0 Å². The van der Waals surface area contributed by atoms with E-state index in [1.165, 1.54) is 60.7 Å². The molecule has 1 heterocycles. The highest BCUT2D eigenvalue weighted by Crippen LogP contribution is 2.25. The molecule has 0 aliphatic rings. The Labute approximate surface area is 299 Å². The van der Waals surface area contributed by atoms with E-state index in [9.17, 15) is 34.6 Å². The van der Waals surface area contributed by atoms with E-state index >= 15 is 0 Å². The van der Waals surface area contributed by atoms with Crippen LogP contribution in [0.2, 0.25) is 0 Å². The van der Waals surface area contributed by atoms with E-state index in [1.54, 1.807) is 72.8 Å². The van der Waals surface area contributed by atoms with Crippen molar-refractivity contribution in [2.24, 2.45) is 0 Å². The standard InChI is InChI=1S/C39H26N6O8/c46-37-33-19-1-24(39(48)43-30-9-5-26(6-10-30)41-28-13-17-32(18-14-28)45(51)52)22-36(33)53-35-20-2-23(21-34(35)37)38(47)42-29-7-3-25(4-8-29)40-27-11-15-31(16-12-27)44(49)50/h1-22,40-41H,(H,42,47)(H,43,48). The van der Waals surface area contributed by atoms with E-state index in [2.05, 4.69) is 21.3 Å². The first-order valence-electron chi connectivity index (χ1n) is 16.0. The molecule has 7 rings (SSSR count). The van der Waals surface area contributed by atoms with Gasteiger partial charge < -0.3 is 25.7 Å². The number of fused-ring (bicyclic) bond motifs is 2. The Bertz CT molecular complexity index is 2610. The van der Waals surface area contributed by atoms with E-state index in [-0.39, 0.29) is 49.9 Å². The van der Waals surface area contributed by atoms with Crippen LogP contribution in [0.1, 0.15) is 20.7 Å². The molecule has 6 aromatic carbocycles. The molecule has 0 fully saturated rings. The maximum atomic E-state index is 13.5. The van der Waals surface area contributed by atoms with Crippen molar-refractivity contribution in [3.8, 4) is 0 Å². The Hall–Kier alpha value is -7.87. The first-order chi connectivity index (χ1) is 25.6. The summed E-state index contributed by atoms with van der Waals surface area (Å²) in [5.41, 5.74) is 4.34. The van der Waals surface area contributed by atoms with Crippen LogP contribution in [0.25, 0.3) is 21.9 Å². The van der Waals surface area contributed by atoms with Crippen LogP contribution < -0.4 is 26.7 Å². The molecule has 0 radical (unpaired) electrons. The highest BCUT2D eigenvalue weighted by atomic mass is 16.6. The number of nitrogens with zero attached hydrogens (tertiary/aromatic N) is 2. The summed E-state index contributed by atoms with van der Waals surface area (Å²) in [6.07, 6.45) is 0. The van der Waals surface area contributed by atoms with Crippen molar-refractivity contribution in [3.05, 3.63) is 175 Å². The normalized spacial score (nSPS) is 10.8. The molecule has 1 aromatic heterocycles. The zero-order chi connectivity index (χ0) is 37.1. The average molecular weight is 707 g/mol. The molecule has 53 heavy (non-hydrogen) atoms. The molecule has 0 atom stereocenters. The molecule has 0 spiro atoms. The zero-order valence-electron chi connectivity index (χ0n) is 27.4. The maximum Gasteiger partial charge on any atom is 0.269 e. The molecular weight excluding hydrogens is 680 g/mol. The highest BCUT2D eigenvalue weighted by molar-refractivity contribution is 6.08. The maximum absolute atomic E-state index is 13.5. The second kappa shape index (κ2) is 14.2. The minimum Gasteiger partial charge on any atom is -0.456 e. The van der Waals surface area contributed by atoms with Crippen molar-refractivity contribution >= 4 is 79.3 Å². The van der Waals surface area contributed by atoms with Gasteiger partial charge in [-0.3, -0.25) is 34.6 Å². The molecule has 0 unspecified atom stereocenters. The lowest BCUT2D eigenvalue weighted by atomic mass is 10.1. The number of anilines is 6. The van der Waals surface area contributed by atoms with Crippen molar-refractivity contribution < 1.29 is 23.9 Å². The van der Waals surface area contributed by atoms with Gasteiger partial charge in [-0.25, -0.2) is 0 Å². The lowest BCUT2D eigenvalue weighted by Gasteiger charge is -2.10. The van der Waals surface area contributed by atoms with E-state index < -0.39 is 21.7 Å². The number of hydrogen-bond donors (Lipinski definition) is 4. The predicted molar refractivity (Wildman–Crippen MR) is 202 cm³/mol. The molecule has 4 N–H and O–H groups in total. The fraction of sp³-hybridized carbons (Fsp3) is 0. The average Bonchev–Trinajstić information content (AvgIpc) is 3.16. The van der Waals surface area contributed by atoms with E-state index in [0.717, 1.165) is 0 Å². The van der Waals surface area contributed by atoms with Crippen molar-refractivity contribution in [3.63, 3.8) is 0 Å². The molecule has 2 amide bonds. The van der Waals surface area contributed by atoms with Crippen LogP contribution in [0, 0.1) is 20.2 Å². The van der Waals surface area contributed by atoms with E-state index in [1.807, 2.05) is 0 Å². The second-order valence-electron chi connectivity index (χ2n) is 11.8. The van der Waals surface area contributed by atoms with Gasteiger partial charge in [-0.2, -0.15) is 0 Å². The Balaban J connectivity index is 1.01. The number of nitro benzene ring substituents is 2. The lowest BCUT2D eigenvalue weighted by Crippen LogP contribution is -2.13. The lowest BCUT2D eigenvalue weighted by molar-refractivity contribution is -0.385. The van der Waals surface area contributed by atoms with E-state index in [0.29, 0.717) is 34.1 Å². The first kappa shape index (κ1) is 33.6. The van der Waals surface area contributed by atoms with Gasteiger partial charge in [0.1, 0.15) is 11.2 Å². The van der Waals surface area contributed by atoms with Crippen molar-refractivity contribution in [1.82, 2.24) is 0 Å². The van der Waals surface area contributed by atoms with Gasteiger partial charge in [0.05, 0.1) is 20.6 Å². The Morgan fingerprint density at radius 3 is 1.32 bits per heavy atom. The fourth-order valence-electron chi connectivity index (χ4n) is 5.48. The molecule has 14 nitrogen and oxygen atoms in total. The Kier molecular flexibility index (Phi) is 8.98. The largest absolute Gasteiger partial charge is 0.456 e. The number of amides is 2. The summed E-state index contributed by atoms with van der Waals surface area (Å²) < 4.78 is 6.00. The summed E-state index contributed by atoms with van der Waals surface area (Å²) >= 11 is 0. The number of nitro groups is 2. The van der Waals surface area contributed by atoms with Crippen molar-refractivity contribution in [2.45, 2.75) is 0 Å². The monoisotopic (exact) mass is 706 g/mol. The number of rotatable bonds is 10. The molecule has 0 bridgehead atoms.